The van der Waals surface area contributed by atoms with Crippen LogP contribution < -0.4 is 0 Å². The molecule has 1 aromatic heterocycles. The van der Waals surface area contributed by atoms with Gasteiger partial charge in [-0.05, 0) is 29.9 Å². The molecule has 15 heavy (non-hydrogen) atoms. The van der Waals surface area contributed by atoms with E-state index in [4.69, 9.17) is 4.42 Å². The summed E-state index contributed by atoms with van der Waals surface area (Å²) in [7, 11) is 0. The maximum atomic E-state index is 5.80. The van der Waals surface area contributed by atoms with Crippen LogP contribution in [0.5, 0.6) is 0 Å². The van der Waals surface area contributed by atoms with E-state index in [1.807, 2.05) is 6.92 Å². The zero-order valence-electron chi connectivity index (χ0n) is 11.1. The van der Waals surface area contributed by atoms with Crippen molar-refractivity contribution in [2.45, 2.75) is 54.4 Å². The second-order valence-corrected chi connectivity index (χ2v) is 6.61. The van der Waals surface area contributed by atoms with E-state index in [1.54, 1.807) is 0 Å². The molecule has 0 N–H and O–H groups in total. The maximum absolute atomic E-state index is 5.80. The van der Waals surface area contributed by atoms with Crippen LogP contribution in [-0.4, -0.2) is 0 Å². The van der Waals surface area contributed by atoms with Crippen LogP contribution in [0.3, 0.4) is 0 Å². The van der Waals surface area contributed by atoms with Crippen molar-refractivity contribution in [1.29, 1.82) is 0 Å². The standard InChI is InChI=1S/C14H24O/c1-10-8-9-11(15-10)12(13(2,3)4)14(5,6)7/h8-9,12H,1-7H3. The second kappa shape index (κ2) is 3.70. The molecule has 0 unspecified atom stereocenters. The molecule has 0 aliphatic rings. The Balaban J connectivity index is 3.14. The van der Waals surface area contributed by atoms with Gasteiger partial charge in [-0.25, -0.2) is 0 Å². The molecule has 0 radical (unpaired) electrons. The topological polar surface area (TPSA) is 13.1 Å². The highest BCUT2D eigenvalue weighted by molar-refractivity contribution is 5.15. The van der Waals surface area contributed by atoms with Crippen molar-refractivity contribution in [2.24, 2.45) is 10.8 Å². The van der Waals surface area contributed by atoms with Crippen molar-refractivity contribution in [3.8, 4) is 0 Å². The average molecular weight is 208 g/mol. The Kier molecular flexibility index (Phi) is 3.04. The fourth-order valence-electron chi connectivity index (χ4n) is 2.76. The Morgan fingerprint density at radius 2 is 1.40 bits per heavy atom. The fraction of sp³-hybridized carbons (Fsp3) is 0.714. The molecule has 0 fully saturated rings. The summed E-state index contributed by atoms with van der Waals surface area (Å²) in [5.41, 5.74) is 0.449. The molecule has 0 atom stereocenters. The zero-order valence-corrected chi connectivity index (χ0v) is 11.1. The average Bonchev–Trinajstić information content (AvgIpc) is 2.28. The molecule has 1 heterocycles. The van der Waals surface area contributed by atoms with Gasteiger partial charge in [0.2, 0.25) is 0 Å². The third-order valence-electron chi connectivity index (χ3n) is 2.78. The van der Waals surface area contributed by atoms with Gasteiger partial charge in [0.25, 0.3) is 0 Å². The van der Waals surface area contributed by atoms with E-state index in [0.717, 1.165) is 11.5 Å². The lowest BCUT2D eigenvalue weighted by molar-refractivity contribution is 0.150. The summed E-state index contributed by atoms with van der Waals surface area (Å²) < 4.78 is 5.80. The minimum absolute atomic E-state index is 0.225. The monoisotopic (exact) mass is 208 g/mol. The molecule has 0 spiro atoms. The van der Waals surface area contributed by atoms with Crippen LogP contribution in [0, 0.1) is 17.8 Å². The van der Waals surface area contributed by atoms with E-state index < -0.39 is 0 Å². The van der Waals surface area contributed by atoms with Gasteiger partial charge in [0.05, 0.1) is 0 Å². The molecular formula is C14H24O. The number of rotatable bonds is 1. The lowest BCUT2D eigenvalue weighted by atomic mass is 9.65. The molecule has 86 valence electrons. The fourth-order valence-corrected chi connectivity index (χ4v) is 2.76. The quantitative estimate of drug-likeness (QED) is 0.648. The summed E-state index contributed by atoms with van der Waals surface area (Å²) in [5, 5.41) is 0. The van der Waals surface area contributed by atoms with Crippen molar-refractivity contribution < 1.29 is 4.42 Å². The smallest absolute Gasteiger partial charge is 0.108 e. The molecule has 0 bridgehead atoms. The molecule has 0 saturated carbocycles. The van der Waals surface area contributed by atoms with Crippen LogP contribution in [0.4, 0.5) is 0 Å². The Bertz CT molecular complexity index is 306. The van der Waals surface area contributed by atoms with Gasteiger partial charge < -0.3 is 4.42 Å². The molecule has 1 nitrogen and oxygen atoms in total. The second-order valence-electron chi connectivity index (χ2n) is 6.61. The molecule has 1 heteroatoms. The van der Waals surface area contributed by atoms with Crippen molar-refractivity contribution in [3.63, 3.8) is 0 Å². The highest BCUT2D eigenvalue weighted by atomic mass is 16.3. The third-order valence-corrected chi connectivity index (χ3v) is 2.78. The van der Waals surface area contributed by atoms with Gasteiger partial charge in [-0.1, -0.05) is 41.5 Å². The van der Waals surface area contributed by atoms with Crippen LogP contribution in [0.1, 0.15) is 59.0 Å². The summed E-state index contributed by atoms with van der Waals surface area (Å²) in [4.78, 5) is 0. The Morgan fingerprint density at radius 1 is 0.933 bits per heavy atom. The summed E-state index contributed by atoms with van der Waals surface area (Å²) in [6, 6.07) is 4.18. The Hall–Kier alpha value is -0.720. The number of furan rings is 1. The largest absolute Gasteiger partial charge is 0.466 e. The van der Waals surface area contributed by atoms with Gasteiger partial charge in [-0.2, -0.15) is 0 Å². The lowest BCUT2D eigenvalue weighted by Crippen LogP contribution is -2.30. The van der Waals surface area contributed by atoms with Gasteiger partial charge in [-0.3, -0.25) is 0 Å². The van der Waals surface area contributed by atoms with Gasteiger partial charge in [0.15, 0.2) is 0 Å². The van der Waals surface area contributed by atoms with Gasteiger partial charge in [0, 0.05) is 5.92 Å². The lowest BCUT2D eigenvalue weighted by Gasteiger charge is -2.39. The van der Waals surface area contributed by atoms with E-state index in [1.165, 1.54) is 0 Å². The summed E-state index contributed by atoms with van der Waals surface area (Å²) in [5.74, 6) is 2.56. The van der Waals surface area contributed by atoms with Gasteiger partial charge in [-0.15, -0.1) is 0 Å². The molecule has 0 aromatic carbocycles. The first-order valence-corrected chi connectivity index (χ1v) is 5.68. The molecular weight excluding hydrogens is 184 g/mol. The zero-order chi connectivity index (χ0) is 11.9. The molecule has 0 aliphatic carbocycles. The van der Waals surface area contributed by atoms with Crippen LogP contribution in [0.25, 0.3) is 0 Å². The minimum atomic E-state index is 0.225. The van der Waals surface area contributed by atoms with E-state index in [-0.39, 0.29) is 10.8 Å². The van der Waals surface area contributed by atoms with Crippen LogP contribution >= 0.6 is 0 Å². The maximum Gasteiger partial charge on any atom is 0.108 e. The highest BCUT2D eigenvalue weighted by Gasteiger charge is 2.38. The normalized spacial score (nSPS) is 13.6. The Labute approximate surface area is 93.9 Å². The van der Waals surface area contributed by atoms with E-state index in [0.29, 0.717) is 5.92 Å². The summed E-state index contributed by atoms with van der Waals surface area (Å²) in [6.07, 6.45) is 0. The minimum Gasteiger partial charge on any atom is -0.466 e. The predicted molar refractivity (Wildman–Crippen MR) is 65.1 cm³/mol. The summed E-state index contributed by atoms with van der Waals surface area (Å²) >= 11 is 0. The van der Waals surface area contributed by atoms with E-state index in [2.05, 4.69) is 53.7 Å². The first-order valence-electron chi connectivity index (χ1n) is 5.68. The molecule has 0 saturated heterocycles. The predicted octanol–water partition coefficient (Wildman–Crippen LogP) is 4.76. The van der Waals surface area contributed by atoms with Crippen molar-refractivity contribution >= 4 is 0 Å². The summed E-state index contributed by atoms with van der Waals surface area (Å²) in [6.45, 7) is 15.7. The van der Waals surface area contributed by atoms with Crippen LogP contribution in [0.15, 0.2) is 16.5 Å². The first-order chi connectivity index (χ1) is 6.62. The molecule has 0 amide bonds. The third kappa shape index (κ3) is 2.87. The number of aryl methyl sites for hydroxylation is 1. The molecule has 1 aromatic rings. The molecule has 1 rings (SSSR count). The van der Waals surface area contributed by atoms with Crippen molar-refractivity contribution in [3.05, 3.63) is 23.7 Å². The van der Waals surface area contributed by atoms with E-state index in [9.17, 15) is 0 Å². The number of hydrogen-bond donors (Lipinski definition) is 0. The van der Waals surface area contributed by atoms with Gasteiger partial charge in [0.1, 0.15) is 11.5 Å². The van der Waals surface area contributed by atoms with Crippen LogP contribution in [-0.2, 0) is 0 Å². The first kappa shape index (κ1) is 12.4. The van der Waals surface area contributed by atoms with Crippen molar-refractivity contribution in [2.75, 3.05) is 0 Å². The highest BCUT2D eigenvalue weighted by Crippen LogP contribution is 2.47. The van der Waals surface area contributed by atoms with Crippen LogP contribution in [0.2, 0.25) is 0 Å². The SMILES string of the molecule is Cc1ccc(C(C(C)(C)C)C(C)(C)C)o1. The van der Waals surface area contributed by atoms with E-state index >= 15 is 0 Å². The van der Waals surface area contributed by atoms with Gasteiger partial charge >= 0.3 is 0 Å². The number of hydrogen-bond acceptors (Lipinski definition) is 1. The molecule has 0 aliphatic heterocycles. The van der Waals surface area contributed by atoms with Crippen molar-refractivity contribution in [1.82, 2.24) is 0 Å². The Morgan fingerprint density at radius 3 is 1.67 bits per heavy atom.